The van der Waals surface area contributed by atoms with Crippen LogP contribution in [0.5, 0.6) is 0 Å². The number of carbonyl (C=O) groups excluding carboxylic acids is 2. The SMILES string of the molecule is O=C1c2ccccc2C(=O)N1[C@@H]1C=C[C@@H](O)[C@@H](O)C1. The summed E-state index contributed by atoms with van der Waals surface area (Å²) >= 11 is 0. The lowest BCUT2D eigenvalue weighted by molar-refractivity contribution is 0.0192. The minimum atomic E-state index is -0.959. The van der Waals surface area contributed by atoms with Gasteiger partial charge in [0.15, 0.2) is 0 Å². The van der Waals surface area contributed by atoms with Gasteiger partial charge in [0.2, 0.25) is 0 Å². The molecule has 2 aliphatic rings. The molecule has 5 nitrogen and oxygen atoms in total. The van der Waals surface area contributed by atoms with E-state index in [1.807, 2.05) is 0 Å². The minimum Gasteiger partial charge on any atom is -0.390 e. The van der Waals surface area contributed by atoms with E-state index in [-0.39, 0.29) is 18.2 Å². The van der Waals surface area contributed by atoms with E-state index in [9.17, 15) is 19.8 Å². The molecule has 2 N–H and O–H groups in total. The number of benzene rings is 1. The van der Waals surface area contributed by atoms with Gasteiger partial charge in [0.05, 0.1) is 29.4 Å². The average Bonchev–Trinajstić information content (AvgIpc) is 2.66. The van der Waals surface area contributed by atoms with Crippen molar-refractivity contribution in [1.82, 2.24) is 4.90 Å². The van der Waals surface area contributed by atoms with Crippen LogP contribution in [0.4, 0.5) is 0 Å². The number of imide groups is 1. The molecule has 0 fully saturated rings. The number of hydrogen-bond acceptors (Lipinski definition) is 4. The van der Waals surface area contributed by atoms with E-state index < -0.39 is 18.2 Å². The number of fused-ring (bicyclic) bond motifs is 1. The van der Waals surface area contributed by atoms with Crippen molar-refractivity contribution in [3.05, 3.63) is 47.5 Å². The molecule has 1 aliphatic heterocycles. The van der Waals surface area contributed by atoms with E-state index in [1.54, 1.807) is 30.3 Å². The molecule has 3 rings (SSSR count). The second kappa shape index (κ2) is 4.29. The van der Waals surface area contributed by atoms with Gasteiger partial charge in [-0.15, -0.1) is 0 Å². The molecule has 0 radical (unpaired) electrons. The van der Waals surface area contributed by atoms with Gasteiger partial charge in [0, 0.05) is 6.42 Å². The monoisotopic (exact) mass is 259 g/mol. The number of aliphatic hydroxyl groups excluding tert-OH is 2. The van der Waals surface area contributed by atoms with Crippen molar-refractivity contribution in [2.45, 2.75) is 24.7 Å². The van der Waals surface area contributed by atoms with Gasteiger partial charge in [-0.25, -0.2) is 0 Å². The fourth-order valence-corrected chi connectivity index (χ4v) is 2.54. The van der Waals surface area contributed by atoms with Gasteiger partial charge < -0.3 is 10.2 Å². The van der Waals surface area contributed by atoms with E-state index in [0.717, 1.165) is 4.90 Å². The van der Waals surface area contributed by atoms with E-state index in [2.05, 4.69) is 0 Å². The Labute approximate surface area is 109 Å². The maximum absolute atomic E-state index is 12.2. The fourth-order valence-electron chi connectivity index (χ4n) is 2.54. The second-order valence-electron chi connectivity index (χ2n) is 4.77. The molecule has 0 spiro atoms. The zero-order valence-electron chi connectivity index (χ0n) is 10.1. The van der Waals surface area contributed by atoms with Crippen molar-refractivity contribution in [3.63, 3.8) is 0 Å². The molecule has 0 bridgehead atoms. The van der Waals surface area contributed by atoms with Crippen LogP contribution in [0, 0.1) is 0 Å². The number of amides is 2. The lowest BCUT2D eigenvalue weighted by atomic mass is 9.96. The highest BCUT2D eigenvalue weighted by Crippen LogP contribution is 2.28. The minimum absolute atomic E-state index is 0.156. The Morgan fingerprint density at radius 2 is 1.58 bits per heavy atom. The molecule has 0 saturated heterocycles. The molecule has 0 aromatic heterocycles. The van der Waals surface area contributed by atoms with Gasteiger partial charge in [0.25, 0.3) is 11.8 Å². The largest absolute Gasteiger partial charge is 0.390 e. The predicted octanol–water partition coefficient (Wildman–Crippen LogP) is 0.333. The number of nitrogens with zero attached hydrogens (tertiary/aromatic N) is 1. The quantitative estimate of drug-likeness (QED) is 0.563. The van der Waals surface area contributed by atoms with E-state index >= 15 is 0 Å². The molecule has 5 heteroatoms. The molecule has 98 valence electrons. The van der Waals surface area contributed by atoms with Crippen LogP contribution in [0.15, 0.2) is 36.4 Å². The normalized spacial score (nSPS) is 29.8. The summed E-state index contributed by atoms with van der Waals surface area (Å²) in [5.74, 6) is -0.697. The lowest BCUT2D eigenvalue weighted by Gasteiger charge is -2.30. The van der Waals surface area contributed by atoms with Crippen LogP contribution in [0.1, 0.15) is 27.1 Å². The second-order valence-corrected chi connectivity index (χ2v) is 4.77. The van der Waals surface area contributed by atoms with Crippen LogP contribution < -0.4 is 0 Å². The standard InChI is InChI=1S/C14H13NO4/c16-11-6-5-8(7-12(11)17)15-13(18)9-3-1-2-4-10(9)14(15)19/h1-6,8,11-12,16-17H,7H2/t8-,11-,12+/m1/s1. The van der Waals surface area contributed by atoms with Crippen molar-refractivity contribution in [2.75, 3.05) is 0 Å². The lowest BCUT2D eigenvalue weighted by Crippen LogP contribution is -2.44. The summed E-state index contributed by atoms with van der Waals surface area (Å²) in [5.41, 5.74) is 0.781. The smallest absolute Gasteiger partial charge is 0.262 e. The highest BCUT2D eigenvalue weighted by atomic mass is 16.3. The Morgan fingerprint density at radius 1 is 1.00 bits per heavy atom. The van der Waals surface area contributed by atoms with Crippen molar-refractivity contribution >= 4 is 11.8 Å². The number of hydrogen-bond donors (Lipinski definition) is 2. The molecule has 3 atom stereocenters. The van der Waals surface area contributed by atoms with Crippen molar-refractivity contribution in [3.8, 4) is 0 Å². The Bertz CT molecular complexity index is 546. The summed E-state index contributed by atoms with van der Waals surface area (Å²) in [4.78, 5) is 25.6. The Hall–Kier alpha value is -1.98. The van der Waals surface area contributed by atoms with Gasteiger partial charge in [-0.3, -0.25) is 14.5 Å². The zero-order chi connectivity index (χ0) is 13.6. The van der Waals surface area contributed by atoms with E-state index in [4.69, 9.17) is 0 Å². The van der Waals surface area contributed by atoms with Crippen LogP contribution in [-0.4, -0.2) is 45.2 Å². The first-order valence-corrected chi connectivity index (χ1v) is 6.11. The van der Waals surface area contributed by atoms with Gasteiger partial charge in [0.1, 0.15) is 0 Å². The number of rotatable bonds is 1. The molecular formula is C14H13NO4. The maximum atomic E-state index is 12.2. The molecule has 1 aromatic rings. The Kier molecular flexibility index (Phi) is 2.73. The first kappa shape index (κ1) is 12.1. The van der Waals surface area contributed by atoms with Crippen molar-refractivity contribution in [1.29, 1.82) is 0 Å². The highest BCUT2D eigenvalue weighted by molar-refractivity contribution is 6.21. The van der Waals surface area contributed by atoms with Crippen molar-refractivity contribution < 1.29 is 19.8 Å². The third-order valence-corrected chi connectivity index (χ3v) is 3.56. The molecule has 0 saturated carbocycles. The summed E-state index contributed by atoms with van der Waals surface area (Å²) in [6.07, 6.45) is 1.27. The third-order valence-electron chi connectivity index (χ3n) is 3.56. The molecule has 1 heterocycles. The molecule has 1 aromatic carbocycles. The number of carbonyl (C=O) groups is 2. The summed E-state index contributed by atoms with van der Waals surface area (Å²) in [6, 6.07) is 6.15. The molecule has 0 unspecified atom stereocenters. The first-order chi connectivity index (χ1) is 9.09. The van der Waals surface area contributed by atoms with E-state index in [1.165, 1.54) is 6.08 Å². The van der Waals surface area contributed by atoms with Crippen LogP contribution in [0.25, 0.3) is 0 Å². The summed E-state index contributed by atoms with van der Waals surface area (Å²) < 4.78 is 0. The Balaban J connectivity index is 1.95. The van der Waals surface area contributed by atoms with Crippen LogP contribution in [0.3, 0.4) is 0 Å². The zero-order valence-corrected chi connectivity index (χ0v) is 10.1. The van der Waals surface area contributed by atoms with Crippen LogP contribution in [-0.2, 0) is 0 Å². The maximum Gasteiger partial charge on any atom is 0.262 e. The molecule has 1 aliphatic carbocycles. The Morgan fingerprint density at radius 3 is 2.11 bits per heavy atom. The van der Waals surface area contributed by atoms with E-state index in [0.29, 0.717) is 11.1 Å². The highest BCUT2D eigenvalue weighted by Gasteiger charge is 2.40. The topological polar surface area (TPSA) is 77.8 Å². The van der Waals surface area contributed by atoms with Crippen LogP contribution in [0.2, 0.25) is 0 Å². The predicted molar refractivity (Wildman–Crippen MR) is 66.5 cm³/mol. The molecule has 2 amide bonds. The average molecular weight is 259 g/mol. The van der Waals surface area contributed by atoms with Gasteiger partial charge in [-0.1, -0.05) is 24.3 Å². The number of aliphatic hydroxyl groups is 2. The van der Waals surface area contributed by atoms with Crippen LogP contribution >= 0.6 is 0 Å². The first-order valence-electron chi connectivity index (χ1n) is 6.11. The summed E-state index contributed by atoms with van der Waals surface area (Å²) in [5, 5.41) is 19.1. The fraction of sp³-hybridized carbons (Fsp3) is 0.286. The summed E-state index contributed by atoms with van der Waals surface area (Å²) in [7, 11) is 0. The molecule has 19 heavy (non-hydrogen) atoms. The van der Waals surface area contributed by atoms with Crippen molar-refractivity contribution in [2.24, 2.45) is 0 Å². The third kappa shape index (κ3) is 1.78. The molecular weight excluding hydrogens is 246 g/mol. The van der Waals surface area contributed by atoms with Gasteiger partial charge >= 0.3 is 0 Å². The van der Waals surface area contributed by atoms with Gasteiger partial charge in [-0.05, 0) is 12.1 Å². The summed E-state index contributed by atoms with van der Waals surface area (Å²) in [6.45, 7) is 0. The van der Waals surface area contributed by atoms with Gasteiger partial charge in [-0.2, -0.15) is 0 Å².